The Morgan fingerprint density at radius 1 is 1.26 bits per heavy atom. The summed E-state index contributed by atoms with van der Waals surface area (Å²) >= 11 is 0. The quantitative estimate of drug-likeness (QED) is 0.519. The number of rotatable bonds is 9. The zero-order chi connectivity index (χ0) is 17.4. The average Bonchev–Trinajstić information content (AvgIpc) is 2.48. The maximum atomic E-state index is 12.4. The fourth-order valence-corrected chi connectivity index (χ4v) is 2.34. The number of hydrogen-bond acceptors (Lipinski definition) is 4. The molecular formula is C17H27N3O3. The van der Waals surface area contributed by atoms with Crippen molar-refractivity contribution in [1.29, 1.82) is 0 Å². The molecule has 0 heterocycles. The summed E-state index contributed by atoms with van der Waals surface area (Å²) in [5, 5.41) is 15.0. The van der Waals surface area contributed by atoms with E-state index in [0.717, 1.165) is 5.56 Å². The summed E-state index contributed by atoms with van der Waals surface area (Å²) in [6.45, 7) is 6.15. The van der Waals surface area contributed by atoms with Crippen LogP contribution in [0.15, 0.2) is 24.3 Å². The summed E-state index contributed by atoms with van der Waals surface area (Å²) in [4.78, 5) is 23.6. The number of nitrogens with two attached hydrogens (primary N) is 1. The number of carbonyl (C=O) groups excluding carboxylic acids is 1. The van der Waals surface area contributed by atoms with Gasteiger partial charge in [-0.3, -0.25) is 14.9 Å². The van der Waals surface area contributed by atoms with Crippen LogP contribution in [0, 0.1) is 5.92 Å². The van der Waals surface area contributed by atoms with Gasteiger partial charge in [0.05, 0.1) is 6.04 Å². The number of anilines is 1. The average molecular weight is 321 g/mol. The van der Waals surface area contributed by atoms with E-state index in [1.54, 1.807) is 19.1 Å². The first-order valence-electron chi connectivity index (χ1n) is 7.94. The van der Waals surface area contributed by atoms with Crippen molar-refractivity contribution >= 4 is 17.6 Å². The van der Waals surface area contributed by atoms with Crippen LogP contribution in [-0.2, 0) is 16.1 Å². The van der Waals surface area contributed by atoms with Crippen LogP contribution in [0.1, 0.15) is 39.2 Å². The number of nitrogen functional groups attached to an aromatic ring is 1. The van der Waals surface area contributed by atoms with Crippen molar-refractivity contribution in [2.24, 2.45) is 5.92 Å². The molecule has 5 N–H and O–H groups in total. The monoisotopic (exact) mass is 321 g/mol. The molecule has 0 aromatic heterocycles. The van der Waals surface area contributed by atoms with Gasteiger partial charge in [0.15, 0.2) is 0 Å². The summed E-state index contributed by atoms with van der Waals surface area (Å²) in [5.41, 5.74) is 7.27. The van der Waals surface area contributed by atoms with Gasteiger partial charge in [-0.25, -0.2) is 0 Å². The van der Waals surface area contributed by atoms with E-state index in [1.807, 2.05) is 26.0 Å². The topological polar surface area (TPSA) is 104 Å². The lowest BCUT2D eigenvalue weighted by Gasteiger charge is -2.23. The van der Waals surface area contributed by atoms with E-state index in [1.165, 1.54) is 0 Å². The number of carboxylic acid groups (broad SMARTS) is 1. The molecule has 0 bridgehead atoms. The van der Waals surface area contributed by atoms with Crippen molar-refractivity contribution < 1.29 is 14.7 Å². The molecule has 1 amide bonds. The number of aliphatic carboxylic acids is 1. The van der Waals surface area contributed by atoms with Gasteiger partial charge >= 0.3 is 5.97 Å². The maximum Gasteiger partial charge on any atom is 0.320 e. The van der Waals surface area contributed by atoms with Gasteiger partial charge in [0.25, 0.3) is 0 Å². The van der Waals surface area contributed by atoms with Gasteiger partial charge in [-0.15, -0.1) is 0 Å². The summed E-state index contributed by atoms with van der Waals surface area (Å²) in [7, 11) is 0. The highest BCUT2D eigenvalue weighted by Gasteiger charge is 2.25. The first-order chi connectivity index (χ1) is 10.8. The zero-order valence-corrected chi connectivity index (χ0v) is 14.0. The largest absolute Gasteiger partial charge is 0.480 e. The molecule has 0 aliphatic carbocycles. The van der Waals surface area contributed by atoms with Crippen LogP contribution in [0.2, 0.25) is 0 Å². The van der Waals surface area contributed by atoms with E-state index in [9.17, 15) is 9.59 Å². The molecule has 0 fully saturated rings. The van der Waals surface area contributed by atoms with Crippen LogP contribution in [0.5, 0.6) is 0 Å². The Balaban J connectivity index is 2.69. The molecule has 23 heavy (non-hydrogen) atoms. The predicted molar refractivity (Wildman–Crippen MR) is 90.8 cm³/mol. The molecule has 0 spiro atoms. The van der Waals surface area contributed by atoms with E-state index in [-0.39, 0.29) is 11.8 Å². The number of carbonyl (C=O) groups is 2. The molecule has 0 radical (unpaired) electrons. The lowest BCUT2D eigenvalue weighted by Crippen LogP contribution is -2.51. The van der Waals surface area contributed by atoms with Crippen LogP contribution >= 0.6 is 0 Å². The molecule has 1 aromatic rings. The molecule has 6 nitrogen and oxygen atoms in total. The predicted octanol–water partition coefficient (Wildman–Crippen LogP) is 1.75. The third-order valence-electron chi connectivity index (χ3n) is 3.55. The number of benzene rings is 1. The van der Waals surface area contributed by atoms with Crippen LogP contribution in [-0.4, -0.2) is 29.1 Å². The van der Waals surface area contributed by atoms with Crippen LogP contribution in [0.3, 0.4) is 0 Å². The molecule has 2 unspecified atom stereocenters. The first kappa shape index (κ1) is 19.0. The summed E-state index contributed by atoms with van der Waals surface area (Å²) in [6.07, 6.45) is 0.999. The molecule has 6 heteroatoms. The highest BCUT2D eigenvalue weighted by atomic mass is 16.4. The minimum Gasteiger partial charge on any atom is -0.480 e. The van der Waals surface area contributed by atoms with Crippen molar-refractivity contribution in [3.05, 3.63) is 29.8 Å². The van der Waals surface area contributed by atoms with Gasteiger partial charge in [-0.2, -0.15) is 0 Å². The van der Waals surface area contributed by atoms with Crippen molar-refractivity contribution in [2.45, 2.75) is 52.2 Å². The first-order valence-corrected chi connectivity index (χ1v) is 7.94. The molecule has 0 saturated carbocycles. The Kier molecular flexibility index (Phi) is 7.54. The third-order valence-corrected chi connectivity index (χ3v) is 3.55. The van der Waals surface area contributed by atoms with Crippen molar-refractivity contribution in [3.63, 3.8) is 0 Å². The van der Waals surface area contributed by atoms with Crippen molar-refractivity contribution in [1.82, 2.24) is 10.6 Å². The SMILES string of the molecule is CCC(NC(CC(C)C)C(=O)NCc1cccc(N)c1)C(=O)O. The van der Waals surface area contributed by atoms with E-state index in [4.69, 9.17) is 10.8 Å². The molecule has 0 aliphatic rings. The van der Waals surface area contributed by atoms with E-state index in [0.29, 0.717) is 25.1 Å². The fourth-order valence-electron chi connectivity index (χ4n) is 2.34. The summed E-state index contributed by atoms with van der Waals surface area (Å²) < 4.78 is 0. The number of amides is 1. The van der Waals surface area contributed by atoms with E-state index < -0.39 is 18.1 Å². The highest BCUT2D eigenvalue weighted by molar-refractivity contribution is 5.83. The Labute approximate surface area is 137 Å². The maximum absolute atomic E-state index is 12.4. The van der Waals surface area contributed by atoms with Crippen LogP contribution < -0.4 is 16.4 Å². The Morgan fingerprint density at radius 2 is 1.96 bits per heavy atom. The number of hydrogen-bond donors (Lipinski definition) is 4. The standard InChI is InChI=1S/C17H27N3O3/c1-4-14(17(22)23)20-15(8-11(2)3)16(21)19-10-12-6-5-7-13(18)9-12/h5-7,9,11,14-15,20H,4,8,10,18H2,1-3H3,(H,19,21)(H,22,23). The second-order valence-corrected chi connectivity index (χ2v) is 6.11. The van der Waals surface area contributed by atoms with Crippen LogP contribution in [0.4, 0.5) is 5.69 Å². The third kappa shape index (κ3) is 6.69. The fraction of sp³-hybridized carbons (Fsp3) is 0.529. The summed E-state index contributed by atoms with van der Waals surface area (Å²) in [6, 6.07) is 6.05. The van der Waals surface area contributed by atoms with Gasteiger partial charge in [0.1, 0.15) is 6.04 Å². The molecule has 1 aromatic carbocycles. The van der Waals surface area contributed by atoms with Crippen LogP contribution in [0.25, 0.3) is 0 Å². The number of nitrogens with one attached hydrogen (secondary N) is 2. The van der Waals surface area contributed by atoms with Gasteiger partial charge in [0.2, 0.25) is 5.91 Å². The Bertz CT molecular complexity index is 532. The molecule has 0 saturated heterocycles. The number of carboxylic acids is 1. The van der Waals surface area contributed by atoms with E-state index >= 15 is 0 Å². The lowest BCUT2D eigenvalue weighted by atomic mass is 10.0. The lowest BCUT2D eigenvalue weighted by molar-refractivity contribution is -0.140. The summed E-state index contributed by atoms with van der Waals surface area (Å²) in [5.74, 6) is -0.859. The minimum atomic E-state index is -0.940. The second-order valence-electron chi connectivity index (χ2n) is 6.11. The van der Waals surface area contributed by atoms with Gasteiger partial charge in [-0.1, -0.05) is 32.9 Å². The second kappa shape index (κ2) is 9.15. The van der Waals surface area contributed by atoms with E-state index in [2.05, 4.69) is 10.6 Å². The molecular weight excluding hydrogens is 294 g/mol. The van der Waals surface area contributed by atoms with Gasteiger partial charge < -0.3 is 16.2 Å². The molecule has 128 valence electrons. The normalized spacial score (nSPS) is 13.6. The van der Waals surface area contributed by atoms with Gasteiger partial charge in [-0.05, 0) is 36.5 Å². The van der Waals surface area contributed by atoms with Crippen molar-refractivity contribution in [3.8, 4) is 0 Å². The smallest absolute Gasteiger partial charge is 0.320 e. The molecule has 0 aliphatic heterocycles. The Morgan fingerprint density at radius 3 is 2.48 bits per heavy atom. The highest BCUT2D eigenvalue weighted by Crippen LogP contribution is 2.09. The molecule has 2 atom stereocenters. The minimum absolute atomic E-state index is 0.194. The zero-order valence-electron chi connectivity index (χ0n) is 14.0. The van der Waals surface area contributed by atoms with Gasteiger partial charge in [0, 0.05) is 12.2 Å². The van der Waals surface area contributed by atoms with Crippen molar-refractivity contribution in [2.75, 3.05) is 5.73 Å². The molecule has 1 rings (SSSR count). The Hall–Kier alpha value is -2.08.